The maximum absolute atomic E-state index is 3.67. The second-order valence-electron chi connectivity index (χ2n) is 6.85. The molecule has 0 aliphatic heterocycles. The largest absolute Gasteiger partial charge is 0.308 e. The molecule has 0 saturated carbocycles. The highest BCUT2D eigenvalue weighted by molar-refractivity contribution is 9.10. The van der Waals surface area contributed by atoms with E-state index >= 15 is 0 Å². The van der Waals surface area contributed by atoms with Gasteiger partial charge in [0.1, 0.15) is 0 Å². The molecule has 0 amide bonds. The molecule has 0 spiro atoms. The first-order chi connectivity index (χ1) is 13.2. The van der Waals surface area contributed by atoms with Gasteiger partial charge in [-0.05, 0) is 36.2 Å². The zero-order valence-electron chi connectivity index (χ0n) is 15.0. The van der Waals surface area contributed by atoms with Gasteiger partial charge in [-0.15, -0.1) is 0 Å². The second kappa shape index (κ2) is 6.40. The van der Waals surface area contributed by atoms with Crippen molar-refractivity contribution in [3.8, 4) is 16.8 Å². The van der Waals surface area contributed by atoms with E-state index in [1.807, 2.05) is 0 Å². The predicted molar refractivity (Wildman–Crippen MR) is 119 cm³/mol. The lowest BCUT2D eigenvalue weighted by atomic mass is 10.00. The summed E-state index contributed by atoms with van der Waals surface area (Å²) in [6, 6.07) is 32.4. The molecular formula is C25H18BrN. The Kier molecular flexibility index (Phi) is 3.87. The number of fused-ring (bicyclic) bond motifs is 3. The smallest absolute Gasteiger partial charge is 0.0569 e. The predicted octanol–water partition coefficient (Wildman–Crippen LogP) is 7.52. The maximum Gasteiger partial charge on any atom is 0.0569 e. The van der Waals surface area contributed by atoms with E-state index < -0.39 is 0 Å². The highest BCUT2D eigenvalue weighted by atomic mass is 79.9. The second-order valence-corrected chi connectivity index (χ2v) is 7.77. The molecule has 0 unspecified atom stereocenters. The number of halogens is 1. The fourth-order valence-electron chi connectivity index (χ4n) is 3.99. The molecule has 130 valence electrons. The Labute approximate surface area is 167 Å². The van der Waals surface area contributed by atoms with Crippen LogP contribution >= 0.6 is 15.9 Å². The summed E-state index contributed by atoms with van der Waals surface area (Å²) >= 11 is 3.67. The summed E-state index contributed by atoms with van der Waals surface area (Å²) in [4.78, 5) is 0. The first-order valence-corrected chi connectivity index (χ1v) is 9.87. The number of benzene rings is 4. The molecule has 0 saturated heterocycles. The molecule has 0 atom stereocenters. The Morgan fingerprint density at radius 1 is 0.667 bits per heavy atom. The van der Waals surface area contributed by atoms with Crippen molar-refractivity contribution in [2.45, 2.75) is 6.92 Å². The van der Waals surface area contributed by atoms with E-state index in [1.165, 1.54) is 44.2 Å². The van der Waals surface area contributed by atoms with Crippen LogP contribution in [0.15, 0.2) is 95.5 Å². The van der Waals surface area contributed by atoms with Crippen LogP contribution in [0, 0.1) is 6.92 Å². The van der Waals surface area contributed by atoms with Crippen LogP contribution < -0.4 is 0 Å². The van der Waals surface area contributed by atoms with Crippen LogP contribution in [0.3, 0.4) is 0 Å². The lowest BCUT2D eigenvalue weighted by Gasteiger charge is -2.17. The van der Waals surface area contributed by atoms with Crippen LogP contribution in [0.25, 0.3) is 38.6 Å². The molecule has 0 fully saturated rings. The molecule has 1 aromatic heterocycles. The van der Waals surface area contributed by atoms with E-state index in [0.29, 0.717) is 0 Å². The molecule has 0 aliphatic rings. The average Bonchev–Trinajstić information content (AvgIpc) is 3.02. The monoisotopic (exact) mass is 411 g/mol. The van der Waals surface area contributed by atoms with E-state index in [9.17, 15) is 0 Å². The summed E-state index contributed by atoms with van der Waals surface area (Å²) < 4.78 is 3.50. The number of aryl methyl sites for hydroxylation is 1. The quantitative estimate of drug-likeness (QED) is 0.283. The Bertz CT molecular complexity index is 1280. The number of para-hydroxylation sites is 2. The van der Waals surface area contributed by atoms with Gasteiger partial charge < -0.3 is 4.57 Å². The summed E-state index contributed by atoms with van der Waals surface area (Å²) in [5.41, 5.74) is 7.44. The number of rotatable bonds is 2. The third-order valence-electron chi connectivity index (χ3n) is 5.18. The van der Waals surface area contributed by atoms with Gasteiger partial charge in [0.05, 0.1) is 16.7 Å². The molecule has 1 heterocycles. The van der Waals surface area contributed by atoms with Crippen LogP contribution in [-0.4, -0.2) is 4.57 Å². The van der Waals surface area contributed by atoms with E-state index in [1.54, 1.807) is 0 Å². The molecule has 0 N–H and O–H groups in total. The van der Waals surface area contributed by atoms with Crippen molar-refractivity contribution < 1.29 is 0 Å². The summed E-state index contributed by atoms with van der Waals surface area (Å²) in [5.74, 6) is 0. The van der Waals surface area contributed by atoms with Gasteiger partial charge in [-0.2, -0.15) is 0 Å². The first kappa shape index (κ1) is 16.3. The molecule has 27 heavy (non-hydrogen) atoms. The molecule has 0 aliphatic carbocycles. The molecule has 1 nitrogen and oxygen atoms in total. The molecule has 4 aromatic carbocycles. The van der Waals surface area contributed by atoms with Gasteiger partial charge >= 0.3 is 0 Å². The van der Waals surface area contributed by atoms with Gasteiger partial charge in [0.15, 0.2) is 0 Å². The third-order valence-corrected chi connectivity index (χ3v) is 5.68. The fraction of sp³-hybridized carbons (Fsp3) is 0.0400. The standard InChI is InChI=1S/C25H18BrN/c1-17-8-7-12-20(18-9-3-2-4-10-18)25(17)27-23-13-6-5-11-21(23)22-15-14-19(26)16-24(22)27/h2-16H,1H3. The van der Waals surface area contributed by atoms with Crippen molar-refractivity contribution in [3.63, 3.8) is 0 Å². The number of hydrogen-bond donors (Lipinski definition) is 0. The van der Waals surface area contributed by atoms with Gasteiger partial charge in [-0.3, -0.25) is 0 Å². The zero-order valence-corrected chi connectivity index (χ0v) is 16.6. The van der Waals surface area contributed by atoms with E-state index in [4.69, 9.17) is 0 Å². The zero-order chi connectivity index (χ0) is 18.4. The van der Waals surface area contributed by atoms with Crippen LogP contribution in [0.2, 0.25) is 0 Å². The molecule has 5 rings (SSSR count). The third kappa shape index (κ3) is 2.60. The maximum atomic E-state index is 3.67. The van der Waals surface area contributed by atoms with Crippen LogP contribution in [-0.2, 0) is 0 Å². The first-order valence-electron chi connectivity index (χ1n) is 9.08. The normalized spacial score (nSPS) is 11.3. The number of aromatic nitrogens is 1. The van der Waals surface area contributed by atoms with Crippen molar-refractivity contribution >= 4 is 37.7 Å². The molecule has 0 radical (unpaired) electrons. The van der Waals surface area contributed by atoms with Gasteiger partial charge in [0.25, 0.3) is 0 Å². The molecule has 2 heteroatoms. The fourth-order valence-corrected chi connectivity index (χ4v) is 4.34. The molecule has 0 bridgehead atoms. The lowest BCUT2D eigenvalue weighted by Crippen LogP contribution is -2.00. The van der Waals surface area contributed by atoms with Crippen LogP contribution in [0.4, 0.5) is 0 Å². The highest BCUT2D eigenvalue weighted by Gasteiger charge is 2.17. The SMILES string of the molecule is Cc1cccc(-c2ccccc2)c1-n1c2ccccc2c2ccc(Br)cc21. The van der Waals surface area contributed by atoms with Crippen LogP contribution in [0.1, 0.15) is 5.56 Å². The van der Waals surface area contributed by atoms with Gasteiger partial charge in [-0.25, -0.2) is 0 Å². The Morgan fingerprint density at radius 3 is 2.26 bits per heavy atom. The highest BCUT2D eigenvalue weighted by Crippen LogP contribution is 2.38. The minimum Gasteiger partial charge on any atom is -0.308 e. The van der Waals surface area contributed by atoms with Crippen molar-refractivity contribution in [1.29, 1.82) is 0 Å². The van der Waals surface area contributed by atoms with Gasteiger partial charge in [0, 0.05) is 20.8 Å². The topological polar surface area (TPSA) is 4.93 Å². The summed E-state index contributed by atoms with van der Waals surface area (Å²) in [5, 5.41) is 2.55. The molecular weight excluding hydrogens is 394 g/mol. The van der Waals surface area contributed by atoms with Crippen molar-refractivity contribution in [2.75, 3.05) is 0 Å². The van der Waals surface area contributed by atoms with Gasteiger partial charge in [-0.1, -0.05) is 88.7 Å². The summed E-state index contributed by atoms with van der Waals surface area (Å²) in [6.07, 6.45) is 0. The average molecular weight is 412 g/mol. The molecule has 5 aromatic rings. The minimum absolute atomic E-state index is 1.09. The van der Waals surface area contributed by atoms with Crippen molar-refractivity contribution in [1.82, 2.24) is 4.57 Å². The summed E-state index contributed by atoms with van der Waals surface area (Å²) in [7, 11) is 0. The van der Waals surface area contributed by atoms with Crippen molar-refractivity contribution in [2.24, 2.45) is 0 Å². The Balaban J connectivity index is 1.97. The minimum atomic E-state index is 1.09. The Morgan fingerprint density at radius 2 is 1.41 bits per heavy atom. The summed E-state index contributed by atoms with van der Waals surface area (Å²) in [6.45, 7) is 2.19. The van der Waals surface area contributed by atoms with E-state index in [2.05, 4.69) is 118 Å². The van der Waals surface area contributed by atoms with Crippen molar-refractivity contribution in [3.05, 3.63) is 101 Å². The van der Waals surface area contributed by atoms with E-state index in [0.717, 1.165) is 4.47 Å². The Hall–Kier alpha value is -2.84. The lowest BCUT2D eigenvalue weighted by molar-refractivity contribution is 1.15. The van der Waals surface area contributed by atoms with Gasteiger partial charge in [0.2, 0.25) is 0 Å². The van der Waals surface area contributed by atoms with Crippen LogP contribution in [0.5, 0.6) is 0 Å². The van der Waals surface area contributed by atoms with E-state index in [-0.39, 0.29) is 0 Å². The number of hydrogen-bond acceptors (Lipinski definition) is 0. The number of nitrogens with zero attached hydrogens (tertiary/aromatic N) is 1.